The quantitative estimate of drug-likeness (QED) is 0.945. The van der Waals surface area contributed by atoms with Crippen molar-refractivity contribution in [2.45, 2.75) is 26.8 Å². The second kappa shape index (κ2) is 5.74. The number of carboxylic acids is 1. The van der Waals surface area contributed by atoms with Crippen LogP contribution in [-0.2, 0) is 0 Å². The molecule has 1 aromatic heterocycles. The molecule has 0 aliphatic heterocycles. The van der Waals surface area contributed by atoms with Crippen molar-refractivity contribution < 1.29 is 9.90 Å². The molecule has 5 heteroatoms. The van der Waals surface area contributed by atoms with Crippen molar-refractivity contribution in [3.05, 3.63) is 68.1 Å². The summed E-state index contributed by atoms with van der Waals surface area (Å²) in [6, 6.07) is 8.26. The number of halogens is 1. The van der Waals surface area contributed by atoms with Crippen molar-refractivity contribution in [3.8, 4) is 0 Å². The molecule has 0 fully saturated rings. The van der Waals surface area contributed by atoms with E-state index >= 15 is 0 Å². The van der Waals surface area contributed by atoms with E-state index in [0.717, 1.165) is 5.56 Å². The first-order valence-corrected chi connectivity index (χ1v) is 6.92. The Morgan fingerprint density at radius 2 is 1.81 bits per heavy atom. The first-order chi connectivity index (χ1) is 9.82. The van der Waals surface area contributed by atoms with Crippen LogP contribution in [0.15, 0.2) is 35.1 Å². The molecule has 1 atom stereocenters. The minimum atomic E-state index is -1.03. The summed E-state index contributed by atoms with van der Waals surface area (Å²) in [5.74, 6) is -1.03. The van der Waals surface area contributed by atoms with Gasteiger partial charge >= 0.3 is 5.97 Å². The van der Waals surface area contributed by atoms with Gasteiger partial charge in [0, 0.05) is 16.8 Å². The molecule has 0 saturated carbocycles. The number of benzene rings is 1. The van der Waals surface area contributed by atoms with Crippen LogP contribution >= 0.6 is 11.6 Å². The highest BCUT2D eigenvalue weighted by atomic mass is 35.5. The largest absolute Gasteiger partial charge is 0.478 e. The Balaban J connectivity index is 2.63. The molecule has 2 aromatic rings. The van der Waals surface area contributed by atoms with Crippen molar-refractivity contribution in [2.24, 2.45) is 0 Å². The number of nitrogens with zero attached hydrogens (tertiary/aromatic N) is 1. The Kier molecular flexibility index (Phi) is 4.19. The number of hydrogen-bond acceptors (Lipinski definition) is 2. The van der Waals surface area contributed by atoms with E-state index in [4.69, 9.17) is 11.6 Å². The van der Waals surface area contributed by atoms with E-state index in [1.807, 2.05) is 19.1 Å². The summed E-state index contributed by atoms with van der Waals surface area (Å²) in [6.45, 7) is 5.15. The molecule has 0 amide bonds. The summed E-state index contributed by atoms with van der Waals surface area (Å²) in [4.78, 5) is 23.6. The highest BCUT2D eigenvalue weighted by Gasteiger charge is 2.19. The lowest BCUT2D eigenvalue weighted by Gasteiger charge is -2.21. The molecule has 0 radical (unpaired) electrons. The standard InChI is InChI=1S/C16H16ClNO3/c1-9-8-14(19)18(11(3)15(9)16(20)21)10(2)12-4-6-13(17)7-5-12/h4-8,10H,1-3H3,(H,20,21). The lowest BCUT2D eigenvalue weighted by atomic mass is 10.0. The third-order valence-electron chi connectivity index (χ3n) is 3.65. The fourth-order valence-corrected chi connectivity index (χ4v) is 2.72. The topological polar surface area (TPSA) is 59.3 Å². The van der Waals surface area contributed by atoms with Crippen LogP contribution in [0.3, 0.4) is 0 Å². The summed E-state index contributed by atoms with van der Waals surface area (Å²) in [5, 5.41) is 9.93. The Hall–Kier alpha value is -2.07. The first kappa shape index (κ1) is 15.3. The number of aromatic carboxylic acids is 1. The normalized spacial score (nSPS) is 12.2. The third-order valence-corrected chi connectivity index (χ3v) is 3.90. The monoisotopic (exact) mass is 305 g/mol. The molecule has 4 nitrogen and oxygen atoms in total. The van der Waals surface area contributed by atoms with Crippen molar-refractivity contribution in [3.63, 3.8) is 0 Å². The Labute approximate surface area is 127 Å². The maximum absolute atomic E-state index is 12.3. The van der Waals surface area contributed by atoms with Gasteiger partial charge in [0.05, 0.1) is 11.6 Å². The number of carboxylic acid groups (broad SMARTS) is 1. The molecule has 21 heavy (non-hydrogen) atoms. The van der Waals surface area contributed by atoms with E-state index in [1.165, 1.54) is 10.6 Å². The average molecular weight is 306 g/mol. The molecule has 110 valence electrons. The van der Waals surface area contributed by atoms with Gasteiger partial charge in [-0.15, -0.1) is 0 Å². The van der Waals surface area contributed by atoms with Crippen molar-refractivity contribution in [1.29, 1.82) is 0 Å². The second-order valence-corrected chi connectivity index (χ2v) is 5.47. The van der Waals surface area contributed by atoms with Gasteiger partial charge in [-0.25, -0.2) is 4.79 Å². The molecule has 0 aliphatic rings. The van der Waals surface area contributed by atoms with Crippen LogP contribution in [-0.4, -0.2) is 15.6 Å². The van der Waals surface area contributed by atoms with Gasteiger partial charge in [0.15, 0.2) is 0 Å². The van der Waals surface area contributed by atoms with E-state index in [9.17, 15) is 14.7 Å². The van der Waals surface area contributed by atoms with Gasteiger partial charge in [-0.1, -0.05) is 23.7 Å². The highest BCUT2D eigenvalue weighted by molar-refractivity contribution is 6.30. The summed E-state index contributed by atoms with van der Waals surface area (Å²) in [7, 11) is 0. The van der Waals surface area contributed by atoms with Gasteiger partial charge in [-0.3, -0.25) is 4.79 Å². The van der Waals surface area contributed by atoms with E-state index in [2.05, 4.69) is 0 Å². The first-order valence-electron chi connectivity index (χ1n) is 6.54. The number of rotatable bonds is 3. The minimum Gasteiger partial charge on any atom is -0.478 e. The van der Waals surface area contributed by atoms with Gasteiger partial charge in [-0.05, 0) is 44.0 Å². The summed E-state index contributed by atoms with van der Waals surface area (Å²) in [6.07, 6.45) is 0. The minimum absolute atomic E-state index is 0.176. The van der Waals surface area contributed by atoms with Gasteiger partial charge in [0.25, 0.3) is 5.56 Å². The maximum atomic E-state index is 12.3. The van der Waals surface area contributed by atoms with E-state index in [1.54, 1.807) is 26.0 Å². The van der Waals surface area contributed by atoms with Gasteiger partial charge < -0.3 is 9.67 Å². The Morgan fingerprint density at radius 1 is 1.24 bits per heavy atom. The number of aryl methyl sites for hydroxylation is 1. The zero-order valence-electron chi connectivity index (χ0n) is 12.1. The molecular formula is C16H16ClNO3. The molecule has 0 saturated heterocycles. The molecule has 1 heterocycles. The molecule has 1 unspecified atom stereocenters. The van der Waals surface area contributed by atoms with E-state index < -0.39 is 5.97 Å². The molecule has 0 bridgehead atoms. The SMILES string of the molecule is Cc1cc(=O)n(C(C)c2ccc(Cl)cc2)c(C)c1C(=O)O. The van der Waals surface area contributed by atoms with Crippen LogP contribution in [0.4, 0.5) is 0 Å². The summed E-state index contributed by atoms with van der Waals surface area (Å²) < 4.78 is 1.50. The van der Waals surface area contributed by atoms with Crippen molar-refractivity contribution >= 4 is 17.6 Å². The third kappa shape index (κ3) is 2.85. The smallest absolute Gasteiger partial charge is 0.337 e. The van der Waals surface area contributed by atoms with E-state index in [0.29, 0.717) is 16.3 Å². The van der Waals surface area contributed by atoms with E-state index in [-0.39, 0.29) is 17.2 Å². The lowest BCUT2D eigenvalue weighted by molar-refractivity contribution is 0.0694. The lowest BCUT2D eigenvalue weighted by Crippen LogP contribution is -2.28. The number of carbonyl (C=O) groups is 1. The molecular weight excluding hydrogens is 290 g/mol. The predicted molar refractivity (Wildman–Crippen MR) is 82.4 cm³/mol. The summed E-state index contributed by atoms with van der Waals surface area (Å²) in [5.41, 5.74) is 1.79. The zero-order chi connectivity index (χ0) is 15.7. The molecule has 2 rings (SSSR count). The number of pyridine rings is 1. The van der Waals surface area contributed by atoms with Gasteiger partial charge in [-0.2, -0.15) is 0 Å². The fraction of sp³-hybridized carbons (Fsp3) is 0.250. The molecule has 0 aliphatic carbocycles. The number of hydrogen-bond donors (Lipinski definition) is 1. The highest BCUT2D eigenvalue weighted by Crippen LogP contribution is 2.22. The predicted octanol–water partition coefficient (Wildman–Crippen LogP) is 3.43. The molecule has 1 N–H and O–H groups in total. The van der Waals surface area contributed by atoms with Crippen LogP contribution in [0, 0.1) is 13.8 Å². The maximum Gasteiger partial charge on any atom is 0.337 e. The van der Waals surface area contributed by atoms with Crippen molar-refractivity contribution in [1.82, 2.24) is 4.57 Å². The Morgan fingerprint density at radius 3 is 2.33 bits per heavy atom. The molecule has 0 spiro atoms. The van der Waals surface area contributed by atoms with Crippen LogP contribution in [0.25, 0.3) is 0 Å². The average Bonchev–Trinajstić information content (AvgIpc) is 2.38. The fourth-order valence-electron chi connectivity index (χ4n) is 2.59. The van der Waals surface area contributed by atoms with Crippen LogP contribution in [0.2, 0.25) is 5.02 Å². The van der Waals surface area contributed by atoms with Gasteiger partial charge in [0.2, 0.25) is 0 Å². The zero-order valence-corrected chi connectivity index (χ0v) is 12.8. The van der Waals surface area contributed by atoms with Gasteiger partial charge in [0.1, 0.15) is 0 Å². The van der Waals surface area contributed by atoms with Crippen molar-refractivity contribution in [2.75, 3.05) is 0 Å². The second-order valence-electron chi connectivity index (χ2n) is 5.03. The van der Waals surface area contributed by atoms with Crippen LogP contribution in [0.5, 0.6) is 0 Å². The van der Waals surface area contributed by atoms with Crippen LogP contribution < -0.4 is 5.56 Å². The molecule has 1 aromatic carbocycles. The van der Waals surface area contributed by atoms with Crippen LogP contribution in [0.1, 0.15) is 40.1 Å². The summed E-state index contributed by atoms with van der Waals surface area (Å²) >= 11 is 5.87. The Bertz CT molecular complexity index is 747. The number of aromatic nitrogens is 1.